The molecule has 66 valence electrons. The number of rotatable bonds is 5. The Labute approximate surface area is 77.8 Å². The van der Waals surface area contributed by atoms with E-state index >= 15 is 0 Å². The molecular weight excluding hydrogens is 183 g/mol. The minimum absolute atomic E-state index is 0.674. The second kappa shape index (κ2) is 5.20. The molecule has 0 unspecified atom stereocenters. The summed E-state index contributed by atoms with van der Waals surface area (Å²) in [6.07, 6.45) is 0. The Morgan fingerprint density at radius 2 is 1.73 bits per heavy atom. The van der Waals surface area contributed by atoms with Gasteiger partial charge in [-0.25, -0.2) is 0 Å². The second-order valence-corrected chi connectivity index (χ2v) is 3.48. The number of nitrogens with one attached hydrogen (secondary N) is 1. The Kier molecular flexibility index (Phi) is 4.53. The van der Waals surface area contributed by atoms with Crippen LogP contribution < -0.4 is 5.32 Å². The van der Waals surface area contributed by atoms with Gasteiger partial charge in [0, 0.05) is 44.0 Å². The molecule has 0 saturated carbocycles. The standard InChI is InChI=1S/C7H14Cl2N2/c8-1-3-11(4-2-9)7-5-10-6-7/h7,10H,1-6H2. The van der Waals surface area contributed by atoms with Gasteiger partial charge < -0.3 is 5.32 Å². The Morgan fingerprint density at radius 3 is 2.00 bits per heavy atom. The van der Waals surface area contributed by atoms with Crippen molar-refractivity contribution in [3.05, 3.63) is 0 Å². The van der Waals surface area contributed by atoms with Crippen LogP contribution in [0.25, 0.3) is 0 Å². The SMILES string of the molecule is ClCCN(CCCl)C1CNC1. The van der Waals surface area contributed by atoms with Crippen LogP contribution in [0, 0.1) is 0 Å². The van der Waals surface area contributed by atoms with Crippen LogP contribution in [-0.4, -0.2) is 48.9 Å². The fourth-order valence-electron chi connectivity index (χ4n) is 1.23. The van der Waals surface area contributed by atoms with Gasteiger partial charge in [-0.1, -0.05) is 0 Å². The molecule has 0 radical (unpaired) electrons. The average Bonchev–Trinajstić information content (AvgIpc) is 1.85. The molecule has 1 aliphatic heterocycles. The fraction of sp³-hybridized carbons (Fsp3) is 1.00. The lowest BCUT2D eigenvalue weighted by Gasteiger charge is -2.37. The van der Waals surface area contributed by atoms with Gasteiger partial charge in [0.05, 0.1) is 0 Å². The van der Waals surface area contributed by atoms with E-state index < -0.39 is 0 Å². The molecule has 0 aromatic carbocycles. The smallest absolute Gasteiger partial charge is 0.0351 e. The van der Waals surface area contributed by atoms with Crippen LogP contribution in [0.2, 0.25) is 0 Å². The molecule has 0 aromatic heterocycles. The van der Waals surface area contributed by atoms with Crippen LogP contribution >= 0.6 is 23.2 Å². The zero-order valence-electron chi connectivity index (χ0n) is 6.52. The molecule has 1 aliphatic rings. The van der Waals surface area contributed by atoms with Gasteiger partial charge in [-0.15, -0.1) is 23.2 Å². The first kappa shape index (κ1) is 9.59. The van der Waals surface area contributed by atoms with Crippen molar-refractivity contribution < 1.29 is 0 Å². The molecule has 4 heteroatoms. The zero-order valence-corrected chi connectivity index (χ0v) is 8.03. The normalized spacial score (nSPS) is 18.8. The highest BCUT2D eigenvalue weighted by Crippen LogP contribution is 2.04. The third-order valence-electron chi connectivity index (χ3n) is 2.02. The number of alkyl halides is 2. The molecule has 2 nitrogen and oxygen atoms in total. The highest BCUT2D eigenvalue weighted by Gasteiger charge is 2.22. The predicted molar refractivity (Wildman–Crippen MR) is 49.7 cm³/mol. The lowest BCUT2D eigenvalue weighted by molar-refractivity contribution is 0.163. The highest BCUT2D eigenvalue weighted by atomic mass is 35.5. The van der Waals surface area contributed by atoms with Crippen LogP contribution in [0.5, 0.6) is 0 Å². The monoisotopic (exact) mass is 196 g/mol. The van der Waals surface area contributed by atoms with E-state index in [2.05, 4.69) is 10.2 Å². The molecule has 0 spiro atoms. The minimum Gasteiger partial charge on any atom is -0.314 e. The summed E-state index contributed by atoms with van der Waals surface area (Å²) in [5.41, 5.74) is 0. The average molecular weight is 197 g/mol. The van der Waals surface area contributed by atoms with Crippen LogP contribution in [0.1, 0.15) is 0 Å². The zero-order chi connectivity index (χ0) is 8.10. The number of hydrogen-bond donors (Lipinski definition) is 1. The summed E-state index contributed by atoms with van der Waals surface area (Å²) in [6, 6.07) is 0.674. The summed E-state index contributed by atoms with van der Waals surface area (Å²) < 4.78 is 0. The molecule has 1 fully saturated rings. The quantitative estimate of drug-likeness (QED) is 0.654. The predicted octanol–water partition coefficient (Wildman–Crippen LogP) is 0.738. The molecule has 0 bridgehead atoms. The van der Waals surface area contributed by atoms with E-state index in [1.165, 1.54) is 0 Å². The van der Waals surface area contributed by atoms with E-state index in [1.807, 2.05) is 0 Å². The molecule has 1 rings (SSSR count). The van der Waals surface area contributed by atoms with Crippen LogP contribution in [0.15, 0.2) is 0 Å². The van der Waals surface area contributed by atoms with E-state index in [0.29, 0.717) is 17.8 Å². The summed E-state index contributed by atoms with van der Waals surface area (Å²) in [5, 5.41) is 3.23. The van der Waals surface area contributed by atoms with Crippen molar-refractivity contribution in [3.63, 3.8) is 0 Å². The van der Waals surface area contributed by atoms with Gasteiger partial charge in [-0.3, -0.25) is 4.90 Å². The molecular formula is C7H14Cl2N2. The first-order valence-electron chi connectivity index (χ1n) is 3.95. The van der Waals surface area contributed by atoms with Crippen molar-refractivity contribution in [1.29, 1.82) is 0 Å². The lowest BCUT2D eigenvalue weighted by atomic mass is 10.1. The largest absolute Gasteiger partial charge is 0.314 e. The van der Waals surface area contributed by atoms with Gasteiger partial charge in [0.25, 0.3) is 0 Å². The Bertz CT molecular complexity index is 101. The summed E-state index contributed by atoms with van der Waals surface area (Å²) in [7, 11) is 0. The lowest BCUT2D eigenvalue weighted by Crippen LogP contribution is -2.57. The molecule has 11 heavy (non-hydrogen) atoms. The molecule has 0 atom stereocenters. The van der Waals surface area contributed by atoms with Crippen molar-refractivity contribution in [2.24, 2.45) is 0 Å². The second-order valence-electron chi connectivity index (χ2n) is 2.73. The van der Waals surface area contributed by atoms with Crippen molar-refractivity contribution in [2.75, 3.05) is 37.9 Å². The van der Waals surface area contributed by atoms with E-state index in [4.69, 9.17) is 23.2 Å². The van der Waals surface area contributed by atoms with Crippen molar-refractivity contribution >= 4 is 23.2 Å². The summed E-state index contributed by atoms with van der Waals surface area (Å²) in [5.74, 6) is 1.40. The van der Waals surface area contributed by atoms with Crippen molar-refractivity contribution in [1.82, 2.24) is 10.2 Å². The summed E-state index contributed by atoms with van der Waals surface area (Å²) in [4.78, 5) is 2.34. The van der Waals surface area contributed by atoms with E-state index in [1.54, 1.807) is 0 Å². The number of halogens is 2. The minimum atomic E-state index is 0.674. The highest BCUT2D eigenvalue weighted by molar-refractivity contribution is 6.18. The topological polar surface area (TPSA) is 15.3 Å². The Balaban J connectivity index is 2.19. The van der Waals surface area contributed by atoms with Crippen molar-refractivity contribution in [2.45, 2.75) is 6.04 Å². The van der Waals surface area contributed by atoms with E-state index in [0.717, 1.165) is 26.2 Å². The fourth-order valence-corrected chi connectivity index (χ4v) is 1.66. The summed E-state index contributed by atoms with van der Waals surface area (Å²) in [6.45, 7) is 4.10. The first-order valence-corrected chi connectivity index (χ1v) is 5.02. The van der Waals surface area contributed by atoms with Crippen LogP contribution in [-0.2, 0) is 0 Å². The maximum absolute atomic E-state index is 5.65. The van der Waals surface area contributed by atoms with Gasteiger partial charge in [0.15, 0.2) is 0 Å². The molecule has 0 aliphatic carbocycles. The number of hydrogen-bond acceptors (Lipinski definition) is 2. The molecule has 1 N–H and O–H groups in total. The number of nitrogens with zero attached hydrogens (tertiary/aromatic N) is 1. The van der Waals surface area contributed by atoms with E-state index in [-0.39, 0.29) is 0 Å². The van der Waals surface area contributed by atoms with Gasteiger partial charge in [0.2, 0.25) is 0 Å². The van der Waals surface area contributed by atoms with Gasteiger partial charge in [-0.05, 0) is 0 Å². The molecule has 1 saturated heterocycles. The molecule has 0 amide bonds. The van der Waals surface area contributed by atoms with Gasteiger partial charge in [0.1, 0.15) is 0 Å². The Hall–Kier alpha value is 0.500. The maximum Gasteiger partial charge on any atom is 0.0351 e. The van der Waals surface area contributed by atoms with Gasteiger partial charge >= 0.3 is 0 Å². The van der Waals surface area contributed by atoms with Crippen LogP contribution in [0.4, 0.5) is 0 Å². The van der Waals surface area contributed by atoms with Crippen molar-refractivity contribution in [3.8, 4) is 0 Å². The third-order valence-corrected chi connectivity index (χ3v) is 2.36. The van der Waals surface area contributed by atoms with Gasteiger partial charge in [-0.2, -0.15) is 0 Å². The first-order chi connectivity index (χ1) is 5.38. The summed E-state index contributed by atoms with van der Waals surface area (Å²) >= 11 is 11.3. The maximum atomic E-state index is 5.65. The molecule has 1 heterocycles. The van der Waals surface area contributed by atoms with Crippen LogP contribution in [0.3, 0.4) is 0 Å². The Morgan fingerprint density at radius 1 is 1.18 bits per heavy atom. The molecule has 0 aromatic rings. The third kappa shape index (κ3) is 2.79. The van der Waals surface area contributed by atoms with E-state index in [9.17, 15) is 0 Å².